The standard InChI is InChI=1S/C32H31BrN4O4S2/c1-15(2)41-31(39)27-18(5)35-32-37(28(27)23-13-22(33)9-10-25(23)40-8)29(38)26(43-32)12-21-11-16(3)36(19(21)6)30-24(14-34)17(4)20(7)42-30/h9-13,15,28H,1-8H3/b26-12-/t28-/m0/s1. The van der Waals surface area contributed by atoms with Crippen molar-refractivity contribution in [2.24, 2.45) is 4.99 Å². The molecular formula is C32H31BrN4O4S2. The summed E-state index contributed by atoms with van der Waals surface area (Å²) in [6, 6.07) is 9.07. The fourth-order valence-corrected chi connectivity index (χ4v) is 7.99. The number of hydrogen-bond donors (Lipinski definition) is 0. The Hall–Kier alpha value is -3.72. The Bertz CT molecular complexity index is 2050. The largest absolute Gasteiger partial charge is 0.496 e. The molecule has 0 aliphatic carbocycles. The first-order valence-electron chi connectivity index (χ1n) is 13.6. The van der Waals surface area contributed by atoms with E-state index in [1.165, 1.54) is 11.3 Å². The fraction of sp³-hybridized carbons (Fsp3) is 0.312. The van der Waals surface area contributed by atoms with Crippen LogP contribution in [-0.4, -0.2) is 28.3 Å². The van der Waals surface area contributed by atoms with Crippen molar-refractivity contribution in [3.8, 4) is 16.8 Å². The molecule has 0 N–H and O–H groups in total. The van der Waals surface area contributed by atoms with Crippen molar-refractivity contribution in [2.45, 2.75) is 60.6 Å². The van der Waals surface area contributed by atoms with Crippen LogP contribution >= 0.6 is 38.6 Å². The number of hydrogen-bond acceptors (Lipinski definition) is 8. The van der Waals surface area contributed by atoms with Crippen LogP contribution in [0.4, 0.5) is 0 Å². The van der Waals surface area contributed by atoms with E-state index in [2.05, 4.69) is 26.6 Å². The van der Waals surface area contributed by atoms with Gasteiger partial charge in [0.1, 0.15) is 22.9 Å². The molecular weight excluding hydrogens is 648 g/mol. The Morgan fingerprint density at radius 1 is 1.16 bits per heavy atom. The third-order valence-corrected chi connectivity index (χ3v) is 10.2. The van der Waals surface area contributed by atoms with Crippen molar-refractivity contribution in [1.29, 1.82) is 5.26 Å². The highest BCUT2D eigenvalue weighted by Crippen LogP contribution is 2.38. The number of thiophene rings is 1. The van der Waals surface area contributed by atoms with Crippen LogP contribution in [0.1, 0.15) is 65.3 Å². The lowest BCUT2D eigenvalue weighted by Gasteiger charge is -2.26. The van der Waals surface area contributed by atoms with Gasteiger partial charge in [-0.15, -0.1) is 11.3 Å². The van der Waals surface area contributed by atoms with Crippen molar-refractivity contribution < 1.29 is 14.3 Å². The van der Waals surface area contributed by atoms with E-state index in [1.54, 1.807) is 49.9 Å². The maximum atomic E-state index is 14.2. The first kappa shape index (κ1) is 30.7. The van der Waals surface area contributed by atoms with Crippen LogP contribution in [0.25, 0.3) is 11.1 Å². The van der Waals surface area contributed by atoms with Gasteiger partial charge >= 0.3 is 5.97 Å². The lowest BCUT2D eigenvalue weighted by atomic mass is 9.95. The van der Waals surface area contributed by atoms with E-state index in [0.29, 0.717) is 31.9 Å². The Labute approximate surface area is 266 Å². The number of benzene rings is 1. The van der Waals surface area contributed by atoms with Crippen molar-refractivity contribution in [3.63, 3.8) is 0 Å². The SMILES string of the molecule is COc1ccc(Br)cc1[C@H]1C(C(=O)OC(C)C)=C(C)N=c2s/c(=C\c3cc(C)n(-c4sc(C)c(C)c4C#N)c3C)c(=O)n21. The van der Waals surface area contributed by atoms with Gasteiger partial charge in [0.15, 0.2) is 4.80 Å². The van der Waals surface area contributed by atoms with Gasteiger partial charge in [-0.2, -0.15) is 5.26 Å². The third-order valence-electron chi connectivity index (χ3n) is 7.51. The van der Waals surface area contributed by atoms with Crippen LogP contribution in [0.3, 0.4) is 0 Å². The Morgan fingerprint density at radius 3 is 2.53 bits per heavy atom. The van der Waals surface area contributed by atoms with Crippen LogP contribution in [-0.2, 0) is 9.53 Å². The molecule has 8 nitrogen and oxygen atoms in total. The van der Waals surface area contributed by atoms with Crippen molar-refractivity contribution in [3.05, 3.63) is 98.2 Å². The number of methoxy groups -OCH3 is 1. The zero-order valence-electron chi connectivity index (χ0n) is 25.2. The number of esters is 1. The van der Waals surface area contributed by atoms with Gasteiger partial charge in [0.05, 0.1) is 34.6 Å². The third kappa shape index (κ3) is 5.32. The molecule has 0 radical (unpaired) electrons. The second kappa shape index (κ2) is 11.8. The number of fused-ring (bicyclic) bond motifs is 1. The predicted octanol–water partition coefficient (Wildman–Crippen LogP) is 5.92. The van der Waals surface area contributed by atoms with Crippen LogP contribution in [0.15, 0.2) is 49.8 Å². The minimum atomic E-state index is -0.806. The molecule has 0 fully saturated rings. The lowest BCUT2D eigenvalue weighted by Crippen LogP contribution is -2.40. The maximum Gasteiger partial charge on any atom is 0.338 e. The van der Waals surface area contributed by atoms with Gasteiger partial charge in [-0.1, -0.05) is 27.3 Å². The summed E-state index contributed by atoms with van der Waals surface area (Å²) in [6.07, 6.45) is 1.51. The van der Waals surface area contributed by atoms with E-state index in [1.807, 2.05) is 52.0 Å². The van der Waals surface area contributed by atoms with Gasteiger partial charge in [0.2, 0.25) is 0 Å². The van der Waals surface area contributed by atoms with Gasteiger partial charge in [-0.3, -0.25) is 9.36 Å². The normalized spacial score (nSPS) is 15.0. The van der Waals surface area contributed by atoms with Crippen molar-refractivity contribution >= 4 is 50.6 Å². The number of aryl methyl sites for hydroxylation is 2. The molecule has 1 atom stereocenters. The number of nitrogens with zero attached hydrogens (tertiary/aromatic N) is 4. The summed E-state index contributed by atoms with van der Waals surface area (Å²) >= 11 is 6.39. The minimum absolute atomic E-state index is 0.275. The fourth-order valence-electron chi connectivity index (χ4n) is 5.36. The molecule has 0 bridgehead atoms. The number of nitriles is 1. The van der Waals surface area contributed by atoms with Crippen molar-refractivity contribution in [1.82, 2.24) is 9.13 Å². The first-order chi connectivity index (χ1) is 20.4. The van der Waals surface area contributed by atoms with Gasteiger partial charge < -0.3 is 14.0 Å². The van der Waals surface area contributed by atoms with E-state index in [4.69, 9.17) is 14.5 Å². The quantitative estimate of drug-likeness (QED) is 0.236. The molecule has 43 heavy (non-hydrogen) atoms. The number of carbonyl (C=O) groups excluding carboxylic acids is 1. The molecule has 1 aliphatic rings. The van der Waals surface area contributed by atoms with E-state index < -0.39 is 12.0 Å². The minimum Gasteiger partial charge on any atom is -0.496 e. The number of aromatic nitrogens is 2. The predicted molar refractivity (Wildman–Crippen MR) is 173 cm³/mol. The Morgan fingerprint density at radius 2 is 1.88 bits per heavy atom. The molecule has 3 aromatic heterocycles. The van der Waals surface area contributed by atoms with Gasteiger partial charge in [-0.05, 0) is 89.9 Å². The van der Waals surface area contributed by atoms with E-state index in [9.17, 15) is 14.9 Å². The number of allylic oxidation sites excluding steroid dienone is 1. The highest BCUT2D eigenvalue weighted by atomic mass is 79.9. The summed E-state index contributed by atoms with van der Waals surface area (Å²) in [5, 5.41) is 10.7. The first-order valence-corrected chi connectivity index (χ1v) is 16.1. The summed E-state index contributed by atoms with van der Waals surface area (Å²) in [5.41, 5.74) is 5.52. The molecule has 1 aromatic carbocycles. The van der Waals surface area contributed by atoms with E-state index in [-0.39, 0.29) is 17.2 Å². The van der Waals surface area contributed by atoms with E-state index >= 15 is 0 Å². The molecule has 11 heteroatoms. The molecule has 0 spiro atoms. The zero-order valence-corrected chi connectivity index (χ0v) is 28.4. The average Bonchev–Trinajstić information content (AvgIpc) is 3.51. The second-order valence-corrected chi connectivity index (χ2v) is 13.8. The number of rotatable bonds is 6. The summed E-state index contributed by atoms with van der Waals surface area (Å²) in [5.74, 6) is 0.00152. The van der Waals surface area contributed by atoms with Crippen LogP contribution in [0, 0.1) is 39.0 Å². The van der Waals surface area contributed by atoms with Crippen LogP contribution in [0.2, 0.25) is 0 Å². The van der Waals surface area contributed by atoms with Gasteiger partial charge in [-0.25, -0.2) is 9.79 Å². The van der Waals surface area contributed by atoms with Gasteiger partial charge in [0.25, 0.3) is 5.56 Å². The average molecular weight is 680 g/mol. The summed E-state index contributed by atoms with van der Waals surface area (Å²) in [6.45, 7) is 13.3. The maximum absolute atomic E-state index is 14.2. The number of thiazole rings is 1. The monoisotopic (exact) mass is 678 g/mol. The number of carbonyl (C=O) groups is 1. The molecule has 4 aromatic rings. The lowest BCUT2D eigenvalue weighted by molar-refractivity contribution is -0.143. The van der Waals surface area contributed by atoms with Crippen LogP contribution in [0.5, 0.6) is 5.75 Å². The van der Waals surface area contributed by atoms with Crippen LogP contribution < -0.4 is 19.6 Å². The number of halogens is 1. The summed E-state index contributed by atoms with van der Waals surface area (Å²) in [7, 11) is 1.56. The Balaban J connectivity index is 1.74. The molecule has 0 amide bonds. The molecule has 0 saturated heterocycles. The second-order valence-electron chi connectivity index (χ2n) is 10.7. The highest BCUT2D eigenvalue weighted by Gasteiger charge is 2.35. The summed E-state index contributed by atoms with van der Waals surface area (Å²) < 4.78 is 16.2. The summed E-state index contributed by atoms with van der Waals surface area (Å²) in [4.78, 5) is 34.0. The highest BCUT2D eigenvalue weighted by molar-refractivity contribution is 9.10. The van der Waals surface area contributed by atoms with E-state index in [0.717, 1.165) is 36.9 Å². The molecule has 0 saturated carbocycles. The molecule has 4 heterocycles. The smallest absolute Gasteiger partial charge is 0.338 e. The topological polar surface area (TPSA) is 98.6 Å². The molecule has 0 unspecified atom stereocenters. The molecule has 1 aliphatic heterocycles. The van der Waals surface area contributed by atoms with Crippen molar-refractivity contribution in [2.75, 3.05) is 7.11 Å². The molecule has 222 valence electrons. The zero-order chi connectivity index (χ0) is 31.3. The number of ether oxygens (including phenoxy) is 2. The Kier molecular flexibility index (Phi) is 8.40. The van der Waals surface area contributed by atoms with Gasteiger partial charge in [0, 0.05) is 26.3 Å². The molecule has 5 rings (SSSR count).